The van der Waals surface area contributed by atoms with Gasteiger partial charge in [-0.15, -0.1) is 0 Å². The first kappa shape index (κ1) is 20.9. The van der Waals surface area contributed by atoms with Crippen molar-refractivity contribution in [2.24, 2.45) is 0 Å². The summed E-state index contributed by atoms with van der Waals surface area (Å²) < 4.78 is 13.5. The van der Waals surface area contributed by atoms with Crippen LogP contribution in [0, 0.1) is 15.9 Å². The van der Waals surface area contributed by atoms with E-state index in [1.807, 2.05) is 6.07 Å². The number of carbonyl (C=O) groups is 2. The summed E-state index contributed by atoms with van der Waals surface area (Å²) in [6, 6.07) is 18.4. The predicted octanol–water partition coefficient (Wildman–Crippen LogP) is 4.36. The van der Waals surface area contributed by atoms with Gasteiger partial charge in [-0.1, -0.05) is 42.5 Å². The molecule has 32 heavy (non-hydrogen) atoms. The van der Waals surface area contributed by atoms with Crippen molar-refractivity contribution < 1.29 is 24.0 Å². The summed E-state index contributed by atoms with van der Waals surface area (Å²) in [5.41, 5.74) is 1.04. The molecule has 0 radical (unpaired) electrons. The second-order valence-electron chi connectivity index (χ2n) is 7.27. The fourth-order valence-corrected chi connectivity index (χ4v) is 3.71. The lowest BCUT2D eigenvalue weighted by atomic mass is 9.95. The molecular weight excluding hydrogens is 415 g/mol. The number of aliphatic hydroxyl groups is 1. The maximum absolute atomic E-state index is 13.5. The number of Topliss-reactive ketones (excluding diaryl/α,β-unsaturated/α-hetero) is 1. The molecule has 0 spiro atoms. The van der Waals surface area contributed by atoms with Gasteiger partial charge in [-0.3, -0.25) is 19.7 Å². The lowest BCUT2D eigenvalue weighted by molar-refractivity contribution is -0.384. The molecule has 1 atom stereocenters. The van der Waals surface area contributed by atoms with Crippen LogP contribution >= 0.6 is 0 Å². The minimum atomic E-state index is -0.953. The Balaban J connectivity index is 1.84. The molecule has 0 bridgehead atoms. The molecule has 1 aliphatic rings. The standard InChI is InChI=1S/C24H17FN2O5/c25-18-10-6-16(7-11-18)21-20(22(28)17-8-12-19(13-9-17)27(31)32)23(29)24(30)26(21)14-15-4-2-1-3-5-15/h1-13,21,28H,14H2. The Hall–Kier alpha value is -4.33. The highest BCUT2D eigenvalue weighted by Crippen LogP contribution is 2.40. The van der Waals surface area contributed by atoms with Crippen molar-refractivity contribution in [1.29, 1.82) is 0 Å². The minimum absolute atomic E-state index is 0.102. The van der Waals surface area contributed by atoms with Gasteiger partial charge in [0.25, 0.3) is 17.4 Å². The van der Waals surface area contributed by atoms with E-state index in [0.29, 0.717) is 5.56 Å². The second-order valence-corrected chi connectivity index (χ2v) is 7.27. The first-order valence-electron chi connectivity index (χ1n) is 9.69. The van der Waals surface area contributed by atoms with E-state index in [-0.39, 0.29) is 23.4 Å². The van der Waals surface area contributed by atoms with E-state index >= 15 is 0 Å². The van der Waals surface area contributed by atoms with E-state index in [9.17, 15) is 29.2 Å². The number of aliphatic hydroxyl groups excluding tert-OH is 1. The van der Waals surface area contributed by atoms with Crippen LogP contribution in [0.2, 0.25) is 0 Å². The number of nitro groups is 1. The lowest BCUT2D eigenvalue weighted by Gasteiger charge is -2.25. The molecule has 8 heteroatoms. The Kier molecular flexibility index (Phi) is 5.51. The monoisotopic (exact) mass is 432 g/mol. The third kappa shape index (κ3) is 3.85. The summed E-state index contributed by atoms with van der Waals surface area (Å²) in [7, 11) is 0. The van der Waals surface area contributed by atoms with Crippen LogP contribution in [0.5, 0.6) is 0 Å². The molecule has 160 valence electrons. The van der Waals surface area contributed by atoms with E-state index in [0.717, 1.165) is 5.56 Å². The highest BCUT2D eigenvalue weighted by atomic mass is 19.1. The number of amides is 1. The molecule has 4 rings (SSSR count). The number of benzene rings is 3. The topological polar surface area (TPSA) is 101 Å². The molecule has 1 unspecified atom stereocenters. The summed E-state index contributed by atoms with van der Waals surface area (Å²) in [5, 5.41) is 21.9. The van der Waals surface area contributed by atoms with Gasteiger partial charge in [0.1, 0.15) is 11.6 Å². The average Bonchev–Trinajstić information content (AvgIpc) is 3.05. The number of carbonyl (C=O) groups excluding carboxylic acids is 2. The van der Waals surface area contributed by atoms with Crippen molar-refractivity contribution in [1.82, 2.24) is 4.90 Å². The number of likely N-dealkylation sites (tertiary alicyclic amines) is 1. The first-order chi connectivity index (χ1) is 15.4. The van der Waals surface area contributed by atoms with Crippen LogP contribution in [0.15, 0.2) is 84.4 Å². The van der Waals surface area contributed by atoms with E-state index in [1.54, 1.807) is 24.3 Å². The Morgan fingerprint density at radius 3 is 2.19 bits per heavy atom. The van der Waals surface area contributed by atoms with Gasteiger partial charge in [0.2, 0.25) is 0 Å². The van der Waals surface area contributed by atoms with Crippen molar-refractivity contribution in [3.63, 3.8) is 0 Å². The van der Waals surface area contributed by atoms with Crippen LogP contribution in [-0.2, 0) is 16.1 Å². The third-order valence-corrected chi connectivity index (χ3v) is 5.27. The number of ketones is 1. The maximum Gasteiger partial charge on any atom is 0.295 e. The molecule has 1 aliphatic heterocycles. The number of non-ortho nitro benzene ring substituents is 1. The molecule has 1 N–H and O–H groups in total. The Labute approximate surface area is 182 Å². The first-order valence-corrected chi connectivity index (χ1v) is 9.69. The molecule has 1 fully saturated rings. The zero-order chi connectivity index (χ0) is 22.8. The summed E-state index contributed by atoms with van der Waals surface area (Å²) in [4.78, 5) is 37.5. The Bertz CT molecular complexity index is 1220. The highest BCUT2D eigenvalue weighted by Gasteiger charge is 2.46. The maximum atomic E-state index is 13.5. The number of nitro benzene ring substituents is 1. The lowest BCUT2D eigenvalue weighted by Crippen LogP contribution is -2.29. The van der Waals surface area contributed by atoms with Crippen LogP contribution in [0.4, 0.5) is 10.1 Å². The normalized spacial score (nSPS) is 17.5. The number of halogens is 1. The highest BCUT2D eigenvalue weighted by molar-refractivity contribution is 6.46. The van der Waals surface area contributed by atoms with Crippen LogP contribution in [0.25, 0.3) is 5.76 Å². The van der Waals surface area contributed by atoms with Gasteiger partial charge in [-0.2, -0.15) is 0 Å². The van der Waals surface area contributed by atoms with Crippen LogP contribution < -0.4 is 0 Å². The van der Waals surface area contributed by atoms with Crippen molar-refractivity contribution in [2.45, 2.75) is 12.6 Å². The van der Waals surface area contributed by atoms with Gasteiger partial charge in [0.05, 0.1) is 16.5 Å². The SMILES string of the molecule is O=C1C(=O)N(Cc2ccccc2)C(c2ccc(F)cc2)C1=C(O)c1ccc([N+](=O)[O-])cc1. The molecule has 1 saturated heterocycles. The van der Waals surface area contributed by atoms with Crippen molar-refractivity contribution in [2.75, 3.05) is 0 Å². The van der Waals surface area contributed by atoms with Crippen molar-refractivity contribution in [3.05, 3.63) is 117 Å². The van der Waals surface area contributed by atoms with Crippen molar-refractivity contribution in [3.8, 4) is 0 Å². The number of hydrogen-bond acceptors (Lipinski definition) is 5. The molecule has 1 heterocycles. The van der Waals surface area contributed by atoms with Gasteiger partial charge in [0, 0.05) is 24.2 Å². The molecule has 0 aliphatic carbocycles. The van der Waals surface area contributed by atoms with E-state index < -0.39 is 34.2 Å². The minimum Gasteiger partial charge on any atom is -0.507 e. The Morgan fingerprint density at radius 2 is 1.59 bits per heavy atom. The van der Waals surface area contributed by atoms with Gasteiger partial charge in [0.15, 0.2) is 0 Å². The summed E-state index contributed by atoms with van der Waals surface area (Å²) in [6.45, 7) is 0.102. The number of nitrogens with zero attached hydrogens (tertiary/aromatic N) is 2. The van der Waals surface area contributed by atoms with Crippen LogP contribution in [-0.4, -0.2) is 26.6 Å². The zero-order valence-electron chi connectivity index (χ0n) is 16.6. The summed E-state index contributed by atoms with van der Waals surface area (Å²) in [6.07, 6.45) is 0. The molecular formula is C24H17FN2O5. The van der Waals surface area contributed by atoms with Crippen molar-refractivity contribution >= 4 is 23.1 Å². The van der Waals surface area contributed by atoms with Crippen LogP contribution in [0.1, 0.15) is 22.7 Å². The zero-order valence-corrected chi connectivity index (χ0v) is 16.6. The fraction of sp³-hybridized carbons (Fsp3) is 0.0833. The third-order valence-electron chi connectivity index (χ3n) is 5.27. The quantitative estimate of drug-likeness (QED) is 0.212. The molecule has 3 aromatic rings. The average molecular weight is 432 g/mol. The summed E-state index contributed by atoms with van der Waals surface area (Å²) >= 11 is 0. The number of hydrogen-bond donors (Lipinski definition) is 1. The summed E-state index contributed by atoms with van der Waals surface area (Å²) in [5.74, 6) is -2.62. The van der Waals surface area contributed by atoms with Gasteiger partial charge in [-0.05, 0) is 35.4 Å². The van der Waals surface area contributed by atoms with Crippen LogP contribution in [0.3, 0.4) is 0 Å². The van der Waals surface area contributed by atoms with Gasteiger partial charge < -0.3 is 10.0 Å². The van der Waals surface area contributed by atoms with E-state index in [1.165, 1.54) is 53.4 Å². The van der Waals surface area contributed by atoms with E-state index in [2.05, 4.69) is 0 Å². The molecule has 0 aromatic heterocycles. The molecule has 0 saturated carbocycles. The Morgan fingerprint density at radius 1 is 0.969 bits per heavy atom. The van der Waals surface area contributed by atoms with Gasteiger partial charge >= 0.3 is 0 Å². The molecule has 3 aromatic carbocycles. The second kappa shape index (κ2) is 8.43. The molecule has 1 amide bonds. The largest absolute Gasteiger partial charge is 0.507 e. The fourth-order valence-electron chi connectivity index (χ4n) is 3.71. The van der Waals surface area contributed by atoms with Gasteiger partial charge in [-0.25, -0.2) is 4.39 Å². The smallest absolute Gasteiger partial charge is 0.295 e. The van der Waals surface area contributed by atoms with E-state index in [4.69, 9.17) is 0 Å². The molecule has 7 nitrogen and oxygen atoms in total. The predicted molar refractivity (Wildman–Crippen MR) is 114 cm³/mol. The number of rotatable bonds is 5.